The Kier molecular flexibility index (Phi) is 7.76. The molecule has 0 aliphatic heterocycles. The minimum atomic E-state index is -3.50. The molecule has 174 valence electrons. The largest absolute Gasteiger partial charge is 0.491 e. The first-order valence-electron chi connectivity index (χ1n) is 10.8. The summed E-state index contributed by atoms with van der Waals surface area (Å²) in [7, 11) is -3.50. The van der Waals surface area contributed by atoms with Crippen molar-refractivity contribution in [3.63, 3.8) is 0 Å². The molecule has 0 fully saturated rings. The molecular formula is C26H30N2O4S. The Balaban J connectivity index is 1.62. The zero-order valence-electron chi connectivity index (χ0n) is 19.5. The van der Waals surface area contributed by atoms with Crippen molar-refractivity contribution in [3.8, 4) is 5.75 Å². The van der Waals surface area contributed by atoms with Gasteiger partial charge in [0.1, 0.15) is 12.4 Å². The first kappa shape index (κ1) is 24.3. The quantitative estimate of drug-likeness (QED) is 0.475. The van der Waals surface area contributed by atoms with Gasteiger partial charge in [-0.2, -0.15) is 0 Å². The third-order valence-electron chi connectivity index (χ3n) is 5.59. The number of carbonyl (C=O) groups is 1. The van der Waals surface area contributed by atoms with Gasteiger partial charge >= 0.3 is 0 Å². The Bertz CT molecular complexity index is 1220. The number of benzene rings is 3. The lowest BCUT2D eigenvalue weighted by Gasteiger charge is -2.23. The van der Waals surface area contributed by atoms with Crippen molar-refractivity contribution in [2.75, 3.05) is 23.7 Å². The topological polar surface area (TPSA) is 75.7 Å². The maximum atomic E-state index is 12.5. The summed E-state index contributed by atoms with van der Waals surface area (Å²) < 4.78 is 32.0. The molecule has 0 bridgehead atoms. The van der Waals surface area contributed by atoms with Crippen molar-refractivity contribution < 1.29 is 17.9 Å². The molecule has 0 saturated carbocycles. The molecule has 0 heterocycles. The number of nitrogens with zero attached hydrogens (tertiary/aromatic N) is 1. The van der Waals surface area contributed by atoms with Gasteiger partial charge in [0, 0.05) is 5.56 Å². The number of aryl methyl sites for hydroxylation is 2. The summed E-state index contributed by atoms with van der Waals surface area (Å²) in [4.78, 5) is 12.5. The number of sulfonamides is 1. The summed E-state index contributed by atoms with van der Waals surface area (Å²) in [6.07, 6.45) is 1.18. The van der Waals surface area contributed by atoms with Crippen LogP contribution in [0, 0.1) is 20.8 Å². The summed E-state index contributed by atoms with van der Waals surface area (Å²) in [5, 5.41) is 2.83. The molecule has 0 unspecified atom stereocenters. The van der Waals surface area contributed by atoms with E-state index in [1.165, 1.54) is 10.6 Å². The molecule has 0 aliphatic carbocycles. The molecule has 33 heavy (non-hydrogen) atoms. The number of rotatable bonds is 9. The number of hydrogen-bond donors (Lipinski definition) is 1. The van der Waals surface area contributed by atoms with Crippen LogP contribution in [0.4, 0.5) is 5.69 Å². The van der Waals surface area contributed by atoms with E-state index in [9.17, 15) is 13.2 Å². The van der Waals surface area contributed by atoms with Crippen molar-refractivity contribution >= 4 is 21.6 Å². The van der Waals surface area contributed by atoms with Crippen molar-refractivity contribution in [2.24, 2.45) is 0 Å². The molecule has 3 aromatic rings. The van der Waals surface area contributed by atoms with Crippen molar-refractivity contribution in [1.82, 2.24) is 5.32 Å². The molecule has 3 aromatic carbocycles. The number of carbonyl (C=O) groups excluding carboxylic acids is 1. The van der Waals surface area contributed by atoms with Crippen LogP contribution in [-0.4, -0.2) is 33.7 Å². The number of hydrogen-bond acceptors (Lipinski definition) is 4. The van der Waals surface area contributed by atoms with Crippen LogP contribution in [0.2, 0.25) is 0 Å². The van der Waals surface area contributed by atoms with E-state index in [2.05, 4.69) is 5.32 Å². The van der Waals surface area contributed by atoms with E-state index in [1.807, 2.05) is 63.2 Å². The highest BCUT2D eigenvalue weighted by Crippen LogP contribution is 2.23. The molecule has 7 heteroatoms. The number of nitrogens with one attached hydrogen (secondary N) is 1. The Morgan fingerprint density at radius 1 is 0.909 bits per heavy atom. The van der Waals surface area contributed by atoms with Crippen LogP contribution in [-0.2, 0) is 16.6 Å². The van der Waals surface area contributed by atoms with Crippen LogP contribution < -0.4 is 14.4 Å². The fourth-order valence-corrected chi connectivity index (χ4v) is 4.31. The van der Waals surface area contributed by atoms with Crippen molar-refractivity contribution in [3.05, 3.63) is 94.5 Å². The number of anilines is 1. The maximum absolute atomic E-state index is 12.5. The van der Waals surface area contributed by atoms with Gasteiger partial charge in [0.05, 0.1) is 25.0 Å². The summed E-state index contributed by atoms with van der Waals surface area (Å²) in [5.74, 6) is 0.569. The summed E-state index contributed by atoms with van der Waals surface area (Å²) in [6.45, 7) is 6.92. The summed E-state index contributed by atoms with van der Waals surface area (Å²) >= 11 is 0. The second-order valence-corrected chi connectivity index (χ2v) is 9.95. The van der Waals surface area contributed by atoms with E-state index in [-0.39, 0.29) is 12.5 Å². The second kappa shape index (κ2) is 10.5. The maximum Gasteiger partial charge on any atom is 0.251 e. The third-order valence-corrected chi connectivity index (χ3v) is 6.73. The van der Waals surface area contributed by atoms with E-state index in [4.69, 9.17) is 4.74 Å². The summed E-state index contributed by atoms with van der Waals surface area (Å²) in [6, 6.07) is 20.1. The molecule has 0 saturated heterocycles. The highest BCUT2D eigenvalue weighted by molar-refractivity contribution is 7.92. The number of ether oxygens (including phenoxy) is 1. The normalized spacial score (nSPS) is 11.2. The van der Waals surface area contributed by atoms with Gasteiger partial charge in [-0.05, 0) is 73.4 Å². The van der Waals surface area contributed by atoms with Gasteiger partial charge in [-0.15, -0.1) is 0 Å². The lowest BCUT2D eigenvalue weighted by Crippen LogP contribution is -2.30. The summed E-state index contributed by atoms with van der Waals surface area (Å²) in [5.41, 5.74) is 5.15. The van der Waals surface area contributed by atoms with Crippen LogP contribution in [0.25, 0.3) is 0 Å². The van der Waals surface area contributed by atoms with Gasteiger partial charge in [0.15, 0.2) is 0 Å². The molecule has 0 spiro atoms. The predicted molar refractivity (Wildman–Crippen MR) is 132 cm³/mol. The Hall–Kier alpha value is -3.32. The highest BCUT2D eigenvalue weighted by Gasteiger charge is 2.19. The van der Waals surface area contributed by atoms with E-state index >= 15 is 0 Å². The van der Waals surface area contributed by atoms with Gasteiger partial charge < -0.3 is 10.1 Å². The SMILES string of the molecule is Cc1ccccc1CN(c1ccc(C(=O)NCCOc2cccc(C)c2C)cc1)S(C)(=O)=O. The molecule has 0 aliphatic rings. The monoisotopic (exact) mass is 466 g/mol. The molecule has 6 nitrogen and oxygen atoms in total. The molecule has 0 aromatic heterocycles. The molecule has 1 N–H and O–H groups in total. The molecule has 0 atom stereocenters. The fraction of sp³-hybridized carbons (Fsp3) is 0.269. The highest BCUT2D eigenvalue weighted by atomic mass is 32.2. The van der Waals surface area contributed by atoms with Gasteiger partial charge in [-0.3, -0.25) is 9.10 Å². The molecule has 0 radical (unpaired) electrons. The van der Waals surface area contributed by atoms with E-state index in [0.29, 0.717) is 24.4 Å². The van der Waals surface area contributed by atoms with Crippen LogP contribution in [0.15, 0.2) is 66.7 Å². The van der Waals surface area contributed by atoms with Gasteiger partial charge in [0.25, 0.3) is 5.91 Å². The van der Waals surface area contributed by atoms with Crippen LogP contribution in [0.3, 0.4) is 0 Å². The van der Waals surface area contributed by atoms with Crippen LogP contribution >= 0.6 is 0 Å². The van der Waals surface area contributed by atoms with Crippen LogP contribution in [0.5, 0.6) is 5.75 Å². The number of amides is 1. The zero-order valence-corrected chi connectivity index (χ0v) is 20.3. The van der Waals surface area contributed by atoms with E-state index < -0.39 is 10.0 Å². The average molecular weight is 467 g/mol. The first-order chi connectivity index (χ1) is 15.7. The van der Waals surface area contributed by atoms with Crippen molar-refractivity contribution in [2.45, 2.75) is 27.3 Å². The third kappa shape index (κ3) is 6.35. The van der Waals surface area contributed by atoms with E-state index in [1.54, 1.807) is 24.3 Å². The standard InChI is InChI=1S/C26H30N2O4S/c1-19-9-7-11-25(21(19)3)32-17-16-27-26(29)22-12-14-24(15-13-22)28(33(4,30)31)18-23-10-6-5-8-20(23)2/h5-15H,16-18H2,1-4H3,(H,27,29). The first-order valence-corrected chi connectivity index (χ1v) is 12.6. The molecule has 3 rings (SSSR count). The molecular weight excluding hydrogens is 436 g/mol. The lowest BCUT2D eigenvalue weighted by atomic mass is 10.1. The molecule has 1 amide bonds. The lowest BCUT2D eigenvalue weighted by molar-refractivity contribution is 0.0947. The van der Waals surface area contributed by atoms with Gasteiger partial charge in [-0.25, -0.2) is 8.42 Å². The smallest absolute Gasteiger partial charge is 0.251 e. The van der Waals surface area contributed by atoms with Gasteiger partial charge in [-0.1, -0.05) is 36.4 Å². The average Bonchev–Trinajstić information content (AvgIpc) is 2.78. The Morgan fingerprint density at radius 3 is 2.24 bits per heavy atom. The van der Waals surface area contributed by atoms with Crippen LogP contribution in [0.1, 0.15) is 32.6 Å². The van der Waals surface area contributed by atoms with Crippen molar-refractivity contribution in [1.29, 1.82) is 0 Å². The fourth-order valence-electron chi connectivity index (χ4n) is 3.43. The zero-order chi connectivity index (χ0) is 24.0. The Labute approximate surface area is 196 Å². The van der Waals surface area contributed by atoms with Gasteiger partial charge in [0.2, 0.25) is 10.0 Å². The Morgan fingerprint density at radius 2 is 1.58 bits per heavy atom. The minimum absolute atomic E-state index is 0.229. The minimum Gasteiger partial charge on any atom is -0.491 e. The second-order valence-electron chi connectivity index (χ2n) is 8.05. The van der Waals surface area contributed by atoms with E-state index in [0.717, 1.165) is 28.0 Å². The predicted octanol–water partition coefficient (Wildman–Crippen LogP) is 4.39.